The first kappa shape index (κ1) is 23.0. The quantitative estimate of drug-likeness (QED) is 0.725. The van der Waals surface area contributed by atoms with Crippen LogP contribution in [0.2, 0.25) is 0 Å². The van der Waals surface area contributed by atoms with Crippen LogP contribution in [0.25, 0.3) is 0 Å². The van der Waals surface area contributed by atoms with Crippen LogP contribution in [-0.4, -0.2) is 56.8 Å². The van der Waals surface area contributed by atoms with Gasteiger partial charge in [-0.15, -0.1) is 0 Å². The zero-order valence-corrected chi connectivity index (χ0v) is 19.8. The van der Waals surface area contributed by atoms with Crippen molar-refractivity contribution in [3.05, 3.63) is 64.7 Å². The maximum Gasteiger partial charge on any atom is 0.251 e. The SMILES string of the molecule is CC[C@H](NC(=O)c1cccc(S(=O)(=O)N2CCN(C)CC2)c1)c1ccc2c(c1)CCCC2. The van der Waals surface area contributed by atoms with Crippen molar-refractivity contribution in [2.24, 2.45) is 0 Å². The van der Waals surface area contributed by atoms with Crippen LogP contribution in [0, 0.1) is 0 Å². The molecule has 2 aromatic carbocycles. The number of sulfonamides is 1. The van der Waals surface area contributed by atoms with E-state index in [0.717, 1.165) is 24.8 Å². The molecule has 32 heavy (non-hydrogen) atoms. The number of rotatable bonds is 6. The lowest BCUT2D eigenvalue weighted by molar-refractivity contribution is 0.0935. The summed E-state index contributed by atoms with van der Waals surface area (Å²) in [5, 5.41) is 3.12. The number of aryl methyl sites for hydroxylation is 2. The van der Waals surface area contributed by atoms with Gasteiger partial charge in [0.1, 0.15) is 0 Å². The highest BCUT2D eigenvalue weighted by atomic mass is 32.2. The number of carbonyl (C=O) groups is 1. The number of benzene rings is 2. The van der Waals surface area contributed by atoms with Gasteiger partial charge in [0.05, 0.1) is 10.9 Å². The van der Waals surface area contributed by atoms with E-state index >= 15 is 0 Å². The molecule has 1 atom stereocenters. The first-order valence-corrected chi connectivity index (χ1v) is 13.0. The maximum atomic E-state index is 13.1. The minimum atomic E-state index is -3.61. The topological polar surface area (TPSA) is 69.7 Å². The van der Waals surface area contributed by atoms with E-state index in [1.54, 1.807) is 18.2 Å². The molecule has 1 saturated heterocycles. The molecule has 172 valence electrons. The average Bonchev–Trinajstić information content (AvgIpc) is 2.82. The van der Waals surface area contributed by atoms with E-state index in [-0.39, 0.29) is 16.8 Å². The fourth-order valence-corrected chi connectivity index (χ4v) is 6.08. The highest BCUT2D eigenvalue weighted by Gasteiger charge is 2.28. The van der Waals surface area contributed by atoms with Gasteiger partial charge in [-0.25, -0.2) is 8.42 Å². The third kappa shape index (κ3) is 4.90. The number of nitrogens with zero attached hydrogens (tertiary/aromatic N) is 2. The largest absolute Gasteiger partial charge is 0.345 e. The second-order valence-electron chi connectivity index (χ2n) is 8.90. The van der Waals surface area contributed by atoms with Crippen molar-refractivity contribution >= 4 is 15.9 Å². The number of amides is 1. The maximum absolute atomic E-state index is 13.1. The molecule has 1 fully saturated rings. The Hall–Kier alpha value is -2.22. The van der Waals surface area contributed by atoms with Crippen LogP contribution >= 0.6 is 0 Å². The van der Waals surface area contributed by atoms with Gasteiger partial charge in [-0.1, -0.05) is 31.2 Å². The van der Waals surface area contributed by atoms with Crippen molar-refractivity contribution < 1.29 is 13.2 Å². The summed E-state index contributed by atoms with van der Waals surface area (Å²) in [5.41, 5.74) is 4.30. The Morgan fingerprint density at radius 1 is 1.00 bits per heavy atom. The molecular weight excluding hydrogens is 422 g/mol. The third-order valence-corrected chi connectivity index (χ3v) is 8.58. The molecule has 1 amide bonds. The molecule has 1 aliphatic carbocycles. The van der Waals surface area contributed by atoms with Crippen LogP contribution in [0.1, 0.15) is 59.3 Å². The van der Waals surface area contributed by atoms with Gasteiger partial charge in [0.15, 0.2) is 0 Å². The second kappa shape index (κ2) is 9.73. The Morgan fingerprint density at radius 2 is 1.72 bits per heavy atom. The van der Waals surface area contributed by atoms with Crippen molar-refractivity contribution in [1.29, 1.82) is 0 Å². The number of carbonyl (C=O) groups excluding carboxylic acids is 1. The normalized spacial score (nSPS) is 18.7. The Labute approximate surface area is 191 Å². The smallest absolute Gasteiger partial charge is 0.251 e. The van der Waals surface area contributed by atoms with Crippen LogP contribution < -0.4 is 5.32 Å². The molecule has 0 unspecified atom stereocenters. The van der Waals surface area contributed by atoms with Gasteiger partial charge in [0.2, 0.25) is 10.0 Å². The summed E-state index contributed by atoms with van der Waals surface area (Å²) in [6, 6.07) is 12.8. The number of piperazine rings is 1. The van der Waals surface area contributed by atoms with E-state index in [9.17, 15) is 13.2 Å². The lowest BCUT2D eigenvalue weighted by atomic mass is 9.88. The molecular formula is C25H33N3O3S. The van der Waals surface area contributed by atoms with Crippen LogP contribution in [0.5, 0.6) is 0 Å². The molecule has 1 aliphatic heterocycles. The van der Waals surface area contributed by atoms with E-state index in [4.69, 9.17) is 0 Å². The first-order chi connectivity index (χ1) is 15.4. The molecule has 0 aromatic heterocycles. The zero-order chi connectivity index (χ0) is 22.7. The van der Waals surface area contributed by atoms with Crippen LogP contribution in [0.3, 0.4) is 0 Å². The number of fused-ring (bicyclic) bond motifs is 1. The number of likely N-dealkylation sites (N-methyl/N-ethyl adjacent to an activating group) is 1. The van der Waals surface area contributed by atoms with E-state index in [2.05, 4.69) is 35.3 Å². The summed E-state index contributed by atoms with van der Waals surface area (Å²) >= 11 is 0. The van der Waals surface area contributed by atoms with Gasteiger partial charge in [-0.2, -0.15) is 4.31 Å². The van der Waals surface area contributed by atoms with Crippen molar-refractivity contribution in [1.82, 2.24) is 14.5 Å². The fourth-order valence-electron chi connectivity index (χ4n) is 4.61. The van der Waals surface area contributed by atoms with Gasteiger partial charge in [0, 0.05) is 31.7 Å². The van der Waals surface area contributed by atoms with E-state index in [1.165, 1.54) is 34.3 Å². The standard InChI is InChI=1S/C25H33N3O3S/c1-3-24(21-12-11-19-7-4-5-8-20(19)17-21)26-25(29)22-9-6-10-23(18-22)32(30,31)28-15-13-27(2)14-16-28/h6,9-12,17-18,24H,3-5,7-8,13-16H2,1-2H3,(H,26,29)/t24-/m0/s1. The van der Waals surface area contributed by atoms with Crippen molar-refractivity contribution in [2.45, 2.75) is 50.0 Å². The lowest BCUT2D eigenvalue weighted by Gasteiger charge is -2.31. The van der Waals surface area contributed by atoms with Gasteiger partial charge < -0.3 is 10.2 Å². The van der Waals surface area contributed by atoms with Crippen molar-refractivity contribution in [3.8, 4) is 0 Å². The predicted octanol–water partition coefficient (Wildman–Crippen LogP) is 3.38. The molecule has 0 saturated carbocycles. The Bertz CT molecular complexity index is 1080. The Morgan fingerprint density at radius 3 is 2.44 bits per heavy atom. The fraction of sp³-hybridized carbons (Fsp3) is 0.480. The molecule has 6 nitrogen and oxygen atoms in total. The van der Waals surface area contributed by atoms with E-state index in [0.29, 0.717) is 31.7 Å². The Balaban J connectivity index is 1.51. The van der Waals surface area contributed by atoms with Crippen molar-refractivity contribution in [3.63, 3.8) is 0 Å². The summed E-state index contributed by atoms with van der Waals surface area (Å²) in [4.78, 5) is 15.3. The van der Waals surface area contributed by atoms with Crippen LogP contribution in [0.4, 0.5) is 0 Å². The molecule has 7 heteroatoms. The van der Waals surface area contributed by atoms with Gasteiger partial charge >= 0.3 is 0 Å². The minimum absolute atomic E-state index is 0.104. The summed E-state index contributed by atoms with van der Waals surface area (Å²) < 4.78 is 27.7. The molecule has 4 rings (SSSR count). The molecule has 0 bridgehead atoms. The van der Waals surface area contributed by atoms with Crippen molar-refractivity contribution in [2.75, 3.05) is 33.2 Å². The lowest BCUT2D eigenvalue weighted by Crippen LogP contribution is -2.47. The third-order valence-electron chi connectivity index (χ3n) is 6.68. The van der Waals surface area contributed by atoms with Gasteiger partial charge in [-0.05, 0) is 74.0 Å². The molecule has 0 spiro atoms. The molecule has 2 aromatic rings. The van der Waals surface area contributed by atoms with Gasteiger partial charge in [0.25, 0.3) is 5.91 Å². The monoisotopic (exact) mass is 455 g/mol. The van der Waals surface area contributed by atoms with Gasteiger partial charge in [-0.3, -0.25) is 4.79 Å². The van der Waals surface area contributed by atoms with Crippen LogP contribution in [-0.2, 0) is 22.9 Å². The summed E-state index contributed by atoms with van der Waals surface area (Å²) in [6.07, 6.45) is 5.46. The zero-order valence-electron chi connectivity index (χ0n) is 19.0. The second-order valence-corrected chi connectivity index (χ2v) is 10.8. The average molecular weight is 456 g/mol. The van der Waals surface area contributed by atoms with Crippen LogP contribution in [0.15, 0.2) is 47.4 Å². The summed E-state index contributed by atoms with van der Waals surface area (Å²) in [7, 11) is -1.62. The molecule has 2 aliphatic rings. The number of hydrogen-bond donors (Lipinski definition) is 1. The molecule has 0 radical (unpaired) electrons. The molecule has 1 N–H and O–H groups in total. The molecule has 1 heterocycles. The number of hydrogen-bond acceptors (Lipinski definition) is 4. The summed E-state index contributed by atoms with van der Waals surface area (Å²) in [6.45, 7) is 4.40. The number of nitrogens with one attached hydrogen (secondary N) is 1. The Kier molecular flexibility index (Phi) is 6.98. The minimum Gasteiger partial charge on any atom is -0.345 e. The first-order valence-electron chi connectivity index (χ1n) is 11.6. The summed E-state index contributed by atoms with van der Waals surface area (Å²) in [5.74, 6) is -0.245. The predicted molar refractivity (Wildman–Crippen MR) is 126 cm³/mol. The highest BCUT2D eigenvalue weighted by Crippen LogP contribution is 2.26. The van der Waals surface area contributed by atoms with E-state index in [1.807, 2.05) is 7.05 Å². The van der Waals surface area contributed by atoms with E-state index < -0.39 is 10.0 Å². The highest BCUT2D eigenvalue weighted by molar-refractivity contribution is 7.89.